The Morgan fingerprint density at radius 1 is 1.47 bits per heavy atom. The van der Waals surface area contributed by atoms with E-state index in [1.807, 2.05) is 0 Å². The number of rotatable bonds is 4. The van der Waals surface area contributed by atoms with E-state index in [1.54, 1.807) is 0 Å². The maximum Gasteiger partial charge on any atom is 0.356 e. The van der Waals surface area contributed by atoms with Crippen molar-refractivity contribution in [1.82, 2.24) is 9.88 Å². The minimum atomic E-state index is -1.26. The summed E-state index contributed by atoms with van der Waals surface area (Å²) in [5.41, 5.74) is -0.223. The molecule has 19 heavy (non-hydrogen) atoms. The molecule has 1 heterocycles. The number of urea groups is 1. The maximum absolute atomic E-state index is 11.7. The lowest BCUT2D eigenvalue weighted by Gasteiger charge is -2.16. The van der Waals surface area contributed by atoms with Crippen LogP contribution in [0, 0.1) is 0 Å². The highest BCUT2D eigenvalue weighted by Crippen LogP contribution is 2.12. The molecule has 0 saturated heterocycles. The van der Waals surface area contributed by atoms with Crippen LogP contribution in [-0.4, -0.2) is 53.7 Å². The zero-order chi connectivity index (χ0) is 14.4. The second-order valence-corrected chi connectivity index (χ2v) is 3.57. The molecule has 0 fully saturated rings. The second kappa shape index (κ2) is 6.34. The first kappa shape index (κ1) is 14.4. The Morgan fingerprint density at radius 2 is 2.16 bits per heavy atom. The quantitative estimate of drug-likeness (QED) is 0.765. The van der Waals surface area contributed by atoms with Gasteiger partial charge in [-0.25, -0.2) is 14.6 Å². The van der Waals surface area contributed by atoms with Gasteiger partial charge in [0.2, 0.25) is 0 Å². The van der Waals surface area contributed by atoms with Crippen LogP contribution >= 0.6 is 0 Å². The first-order valence-electron chi connectivity index (χ1n) is 5.23. The van der Waals surface area contributed by atoms with Gasteiger partial charge in [0.15, 0.2) is 5.69 Å². The zero-order valence-corrected chi connectivity index (χ0v) is 10.4. The van der Waals surface area contributed by atoms with E-state index in [0.29, 0.717) is 0 Å². The maximum atomic E-state index is 11.7. The molecule has 0 atom stereocenters. The van der Waals surface area contributed by atoms with Crippen molar-refractivity contribution in [3.05, 3.63) is 24.0 Å². The smallest absolute Gasteiger partial charge is 0.356 e. The van der Waals surface area contributed by atoms with Gasteiger partial charge >= 0.3 is 18.0 Å². The van der Waals surface area contributed by atoms with Gasteiger partial charge in [-0.2, -0.15) is 0 Å². The molecule has 0 aliphatic rings. The molecule has 0 aromatic carbocycles. The van der Waals surface area contributed by atoms with E-state index in [4.69, 9.17) is 5.11 Å². The highest BCUT2D eigenvalue weighted by atomic mass is 16.5. The molecule has 0 unspecified atom stereocenters. The third-order valence-electron chi connectivity index (χ3n) is 2.19. The highest BCUT2D eigenvalue weighted by Gasteiger charge is 2.17. The van der Waals surface area contributed by atoms with Gasteiger partial charge in [0.05, 0.1) is 12.8 Å². The van der Waals surface area contributed by atoms with Crippen LogP contribution in [0.5, 0.6) is 0 Å². The van der Waals surface area contributed by atoms with Crippen molar-refractivity contribution in [3.63, 3.8) is 0 Å². The van der Waals surface area contributed by atoms with Gasteiger partial charge in [-0.1, -0.05) is 0 Å². The molecular formula is C11H13N3O5. The predicted molar refractivity (Wildman–Crippen MR) is 64.9 cm³/mol. The fourth-order valence-corrected chi connectivity index (χ4v) is 1.22. The van der Waals surface area contributed by atoms with Crippen LogP contribution < -0.4 is 5.32 Å². The van der Waals surface area contributed by atoms with Crippen LogP contribution in [0.15, 0.2) is 18.3 Å². The number of carbonyl (C=O) groups excluding carboxylic acids is 2. The zero-order valence-electron chi connectivity index (χ0n) is 10.4. The van der Waals surface area contributed by atoms with Gasteiger partial charge in [-0.3, -0.25) is 4.79 Å². The van der Waals surface area contributed by atoms with Crippen molar-refractivity contribution in [2.75, 3.05) is 26.0 Å². The average molecular weight is 267 g/mol. The SMILES string of the molecule is COC(=O)CN(C)C(=O)Nc1cccnc1C(=O)O. The molecule has 1 rings (SSSR count). The standard InChI is InChI=1S/C11H13N3O5/c1-14(6-8(15)19-2)11(18)13-7-4-3-5-12-9(7)10(16)17/h3-5H,6H2,1-2H3,(H,13,18)(H,16,17). The molecule has 2 amide bonds. The van der Waals surface area contributed by atoms with Crippen LogP contribution in [-0.2, 0) is 9.53 Å². The van der Waals surface area contributed by atoms with Crippen molar-refractivity contribution in [1.29, 1.82) is 0 Å². The number of aromatic nitrogens is 1. The Hall–Kier alpha value is -2.64. The van der Waals surface area contributed by atoms with Gasteiger partial charge < -0.3 is 20.1 Å². The summed E-state index contributed by atoms with van der Waals surface area (Å²) < 4.78 is 4.42. The summed E-state index contributed by atoms with van der Waals surface area (Å²) >= 11 is 0. The van der Waals surface area contributed by atoms with Gasteiger partial charge in [0.25, 0.3) is 0 Å². The number of anilines is 1. The average Bonchev–Trinajstić information content (AvgIpc) is 2.38. The summed E-state index contributed by atoms with van der Waals surface area (Å²) in [5, 5.41) is 11.3. The molecule has 102 valence electrons. The molecule has 0 spiro atoms. The highest BCUT2D eigenvalue weighted by molar-refractivity contribution is 5.98. The fourth-order valence-electron chi connectivity index (χ4n) is 1.22. The number of carbonyl (C=O) groups is 3. The van der Waals surface area contributed by atoms with E-state index in [9.17, 15) is 14.4 Å². The number of nitrogens with one attached hydrogen (secondary N) is 1. The van der Waals surface area contributed by atoms with E-state index in [1.165, 1.54) is 32.5 Å². The summed E-state index contributed by atoms with van der Waals surface area (Å²) in [6, 6.07) is 2.25. The molecule has 0 radical (unpaired) electrons. The third-order valence-corrected chi connectivity index (χ3v) is 2.19. The minimum Gasteiger partial charge on any atom is -0.476 e. The number of ether oxygens (including phenoxy) is 1. The number of esters is 1. The van der Waals surface area contributed by atoms with Crippen LogP contribution in [0.2, 0.25) is 0 Å². The Kier molecular flexibility index (Phi) is 4.81. The molecule has 1 aromatic heterocycles. The molecule has 1 aromatic rings. The molecule has 8 nitrogen and oxygen atoms in total. The minimum absolute atomic E-state index is 0.0525. The number of pyridine rings is 1. The van der Waals surface area contributed by atoms with Crippen molar-refractivity contribution < 1.29 is 24.2 Å². The van der Waals surface area contributed by atoms with Crippen molar-refractivity contribution in [2.45, 2.75) is 0 Å². The van der Waals surface area contributed by atoms with E-state index in [0.717, 1.165) is 4.90 Å². The topological polar surface area (TPSA) is 109 Å². The summed E-state index contributed by atoms with van der Waals surface area (Å²) in [4.78, 5) is 38.3. The Morgan fingerprint density at radius 3 is 2.74 bits per heavy atom. The lowest BCUT2D eigenvalue weighted by Crippen LogP contribution is -2.36. The molecule has 0 aliphatic carbocycles. The van der Waals surface area contributed by atoms with Gasteiger partial charge in [-0.05, 0) is 12.1 Å². The number of nitrogens with zero attached hydrogens (tertiary/aromatic N) is 2. The molecule has 2 N–H and O–H groups in total. The van der Waals surface area contributed by atoms with E-state index < -0.39 is 18.0 Å². The normalized spacial score (nSPS) is 9.58. The lowest BCUT2D eigenvalue weighted by molar-refractivity contribution is -0.140. The van der Waals surface area contributed by atoms with Crippen molar-refractivity contribution in [2.24, 2.45) is 0 Å². The third kappa shape index (κ3) is 3.95. The number of methoxy groups -OCH3 is 1. The van der Waals surface area contributed by atoms with Crippen molar-refractivity contribution >= 4 is 23.7 Å². The first-order valence-corrected chi connectivity index (χ1v) is 5.23. The number of hydrogen-bond donors (Lipinski definition) is 2. The number of hydrogen-bond acceptors (Lipinski definition) is 5. The Balaban J connectivity index is 2.77. The number of likely N-dealkylation sites (N-methyl/N-ethyl adjacent to an activating group) is 1. The van der Waals surface area contributed by atoms with Gasteiger partial charge in [0.1, 0.15) is 6.54 Å². The molecule has 8 heteroatoms. The van der Waals surface area contributed by atoms with E-state index in [2.05, 4.69) is 15.0 Å². The molecular weight excluding hydrogens is 254 g/mol. The molecule has 0 aliphatic heterocycles. The van der Waals surface area contributed by atoms with E-state index >= 15 is 0 Å². The molecule has 0 bridgehead atoms. The second-order valence-electron chi connectivity index (χ2n) is 3.57. The lowest BCUT2D eigenvalue weighted by atomic mass is 10.3. The Bertz CT molecular complexity index is 503. The summed E-state index contributed by atoms with van der Waals surface area (Å²) in [5.74, 6) is -1.84. The predicted octanol–water partition coefficient (Wildman–Crippen LogP) is 0.416. The largest absolute Gasteiger partial charge is 0.476 e. The van der Waals surface area contributed by atoms with Crippen molar-refractivity contribution in [3.8, 4) is 0 Å². The molecule has 0 saturated carbocycles. The monoisotopic (exact) mass is 267 g/mol. The summed E-state index contributed by atoms with van der Waals surface area (Å²) in [6.45, 7) is -0.245. The van der Waals surface area contributed by atoms with Crippen LogP contribution in [0.3, 0.4) is 0 Å². The number of aromatic carboxylic acids is 1. The van der Waals surface area contributed by atoms with Crippen LogP contribution in [0.1, 0.15) is 10.5 Å². The van der Waals surface area contributed by atoms with Gasteiger partial charge in [0, 0.05) is 13.2 Å². The number of carboxylic acids is 1. The van der Waals surface area contributed by atoms with Crippen LogP contribution in [0.4, 0.5) is 10.5 Å². The van der Waals surface area contributed by atoms with Gasteiger partial charge in [-0.15, -0.1) is 0 Å². The van der Waals surface area contributed by atoms with Crippen LogP contribution in [0.25, 0.3) is 0 Å². The summed E-state index contributed by atoms with van der Waals surface area (Å²) in [6.07, 6.45) is 1.30. The number of amides is 2. The first-order chi connectivity index (χ1) is 8.95. The fraction of sp³-hybridized carbons (Fsp3) is 0.273. The Labute approximate surface area is 109 Å². The summed E-state index contributed by atoms with van der Waals surface area (Å²) in [7, 11) is 2.58. The number of carboxylic acid groups (broad SMARTS) is 1. The van der Waals surface area contributed by atoms with E-state index in [-0.39, 0.29) is 17.9 Å².